The van der Waals surface area contributed by atoms with Crippen molar-refractivity contribution < 1.29 is 23.7 Å². The van der Waals surface area contributed by atoms with Crippen LogP contribution in [-0.2, 0) is 4.74 Å². The highest BCUT2D eigenvalue weighted by Crippen LogP contribution is 2.42. The van der Waals surface area contributed by atoms with E-state index in [0.717, 1.165) is 5.56 Å². The molecule has 1 saturated heterocycles. The van der Waals surface area contributed by atoms with Gasteiger partial charge in [-0.25, -0.2) is 4.79 Å². The number of hydrogen-bond acceptors (Lipinski definition) is 6. The maximum Gasteiger partial charge on any atom is 0.410 e. The molecule has 1 heterocycles. The van der Waals surface area contributed by atoms with Crippen molar-refractivity contribution in [2.75, 3.05) is 41.0 Å². The van der Waals surface area contributed by atoms with Gasteiger partial charge in [0, 0.05) is 25.2 Å². The third-order valence-corrected chi connectivity index (χ3v) is 3.94. The fraction of sp³-hybridized carbons (Fsp3) is 0.611. The summed E-state index contributed by atoms with van der Waals surface area (Å²) in [4.78, 5) is 14.1. The predicted molar refractivity (Wildman–Crippen MR) is 94.6 cm³/mol. The Kier molecular flexibility index (Phi) is 6.00. The summed E-state index contributed by atoms with van der Waals surface area (Å²) in [6.07, 6.45) is -0.307. The molecule has 0 spiro atoms. The van der Waals surface area contributed by atoms with E-state index in [-0.39, 0.29) is 12.1 Å². The maximum absolute atomic E-state index is 12.4. The lowest BCUT2D eigenvalue weighted by molar-refractivity contribution is 0.0194. The van der Waals surface area contributed by atoms with Crippen LogP contribution >= 0.6 is 0 Å². The SMILES string of the molecule is COc1ccc([C@H]2CN(C(=O)OC(C)(C)C)CCN2)c(OC)c1OC. The Balaban J connectivity index is 2.25. The van der Waals surface area contributed by atoms with Crippen molar-refractivity contribution in [1.82, 2.24) is 10.2 Å². The summed E-state index contributed by atoms with van der Waals surface area (Å²) in [5, 5.41) is 3.42. The van der Waals surface area contributed by atoms with Crippen molar-refractivity contribution in [3.63, 3.8) is 0 Å². The van der Waals surface area contributed by atoms with Crippen LogP contribution in [0.5, 0.6) is 17.2 Å². The van der Waals surface area contributed by atoms with Crippen molar-refractivity contribution in [3.8, 4) is 17.2 Å². The fourth-order valence-electron chi connectivity index (χ4n) is 2.85. The summed E-state index contributed by atoms with van der Waals surface area (Å²) in [5.74, 6) is 1.74. The number of carbonyl (C=O) groups is 1. The molecule has 1 fully saturated rings. The van der Waals surface area contributed by atoms with Crippen LogP contribution in [0.3, 0.4) is 0 Å². The molecule has 0 aromatic heterocycles. The van der Waals surface area contributed by atoms with Gasteiger partial charge in [0.15, 0.2) is 11.5 Å². The topological polar surface area (TPSA) is 69.3 Å². The van der Waals surface area contributed by atoms with E-state index >= 15 is 0 Å². The van der Waals surface area contributed by atoms with E-state index in [9.17, 15) is 4.79 Å². The number of benzene rings is 1. The Morgan fingerprint density at radius 3 is 2.36 bits per heavy atom. The molecule has 1 N–H and O–H groups in total. The molecule has 7 nitrogen and oxygen atoms in total. The number of ether oxygens (including phenoxy) is 4. The first-order valence-electron chi connectivity index (χ1n) is 8.31. The van der Waals surface area contributed by atoms with E-state index in [1.165, 1.54) is 0 Å². The highest BCUT2D eigenvalue weighted by atomic mass is 16.6. The zero-order chi connectivity index (χ0) is 18.6. The number of rotatable bonds is 4. The number of methoxy groups -OCH3 is 3. The lowest BCUT2D eigenvalue weighted by Gasteiger charge is -2.35. The van der Waals surface area contributed by atoms with Gasteiger partial charge in [-0.2, -0.15) is 0 Å². The molecule has 0 radical (unpaired) electrons. The van der Waals surface area contributed by atoms with E-state index in [1.807, 2.05) is 32.9 Å². The van der Waals surface area contributed by atoms with Crippen molar-refractivity contribution in [2.45, 2.75) is 32.4 Å². The first-order valence-corrected chi connectivity index (χ1v) is 8.31. The summed E-state index contributed by atoms with van der Waals surface area (Å²) in [6.45, 7) is 7.34. The zero-order valence-electron chi connectivity index (χ0n) is 15.8. The van der Waals surface area contributed by atoms with Gasteiger partial charge >= 0.3 is 6.09 Å². The largest absolute Gasteiger partial charge is 0.493 e. The Labute approximate surface area is 149 Å². The second-order valence-corrected chi connectivity index (χ2v) is 6.86. The van der Waals surface area contributed by atoms with Crippen LogP contribution in [0.15, 0.2) is 12.1 Å². The third-order valence-electron chi connectivity index (χ3n) is 3.94. The molecule has 25 heavy (non-hydrogen) atoms. The summed E-state index contributed by atoms with van der Waals surface area (Å²) in [6, 6.07) is 3.68. The van der Waals surface area contributed by atoms with Crippen molar-refractivity contribution >= 4 is 6.09 Å². The molecular formula is C18H28N2O5. The number of piperazine rings is 1. The van der Waals surface area contributed by atoms with Crippen LogP contribution in [0.4, 0.5) is 4.79 Å². The number of carbonyl (C=O) groups excluding carboxylic acids is 1. The molecule has 1 amide bonds. The number of amides is 1. The normalized spacial score (nSPS) is 17.8. The van der Waals surface area contributed by atoms with Crippen molar-refractivity contribution in [3.05, 3.63) is 17.7 Å². The van der Waals surface area contributed by atoms with E-state index in [4.69, 9.17) is 18.9 Å². The highest BCUT2D eigenvalue weighted by Gasteiger charge is 2.30. The van der Waals surface area contributed by atoms with E-state index < -0.39 is 5.60 Å². The minimum Gasteiger partial charge on any atom is -0.493 e. The standard InChI is InChI=1S/C18H28N2O5/c1-18(2,3)25-17(21)20-10-9-19-13(11-20)12-7-8-14(22-4)16(24-6)15(12)23-5/h7-8,13,19H,9-11H2,1-6H3/t13-/m1/s1. The molecule has 7 heteroatoms. The van der Waals surface area contributed by atoms with Crippen LogP contribution in [0.1, 0.15) is 32.4 Å². The van der Waals surface area contributed by atoms with Gasteiger partial charge in [0.2, 0.25) is 5.75 Å². The fourth-order valence-corrected chi connectivity index (χ4v) is 2.85. The van der Waals surface area contributed by atoms with Gasteiger partial charge in [0.25, 0.3) is 0 Å². The molecule has 0 unspecified atom stereocenters. The van der Waals surface area contributed by atoms with Gasteiger partial charge in [0.1, 0.15) is 5.60 Å². The summed E-state index contributed by atoms with van der Waals surface area (Å²) in [5.41, 5.74) is 0.395. The van der Waals surface area contributed by atoms with E-state index in [2.05, 4.69) is 5.32 Å². The molecule has 0 aliphatic carbocycles. The maximum atomic E-state index is 12.4. The monoisotopic (exact) mass is 352 g/mol. The molecule has 1 aromatic rings. The average molecular weight is 352 g/mol. The smallest absolute Gasteiger partial charge is 0.410 e. The molecule has 140 valence electrons. The summed E-state index contributed by atoms with van der Waals surface area (Å²) in [7, 11) is 4.75. The van der Waals surface area contributed by atoms with Crippen LogP contribution in [0, 0.1) is 0 Å². The first-order chi connectivity index (χ1) is 11.8. The van der Waals surface area contributed by atoms with Crippen LogP contribution < -0.4 is 19.5 Å². The van der Waals surface area contributed by atoms with Gasteiger partial charge in [-0.05, 0) is 32.9 Å². The Morgan fingerprint density at radius 1 is 1.12 bits per heavy atom. The summed E-state index contributed by atoms with van der Waals surface area (Å²) >= 11 is 0. The lowest BCUT2D eigenvalue weighted by Crippen LogP contribution is -2.49. The number of nitrogens with one attached hydrogen (secondary N) is 1. The van der Waals surface area contributed by atoms with Gasteiger partial charge in [-0.1, -0.05) is 0 Å². The molecular weight excluding hydrogens is 324 g/mol. The quantitative estimate of drug-likeness (QED) is 0.898. The second kappa shape index (κ2) is 7.82. The Morgan fingerprint density at radius 2 is 1.80 bits per heavy atom. The van der Waals surface area contributed by atoms with Crippen molar-refractivity contribution in [1.29, 1.82) is 0 Å². The van der Waals surface area contributed by atoms with E-state index in [0.29, 0.717) is 36.9 Å². The van der Waals surface area contributed by atoms with Gasteiger partial charge < -0.3 is 29.2 Å². The lowest BCUT2D eigenvalue weighted by atomic mass is 10.0. The third kappa shape index (κ3) is 4.48. The minimum atomic E-state index is -0.515. The van der Waals surface area contributed by atoms with Crippen LogP contribution in [0.2, 0.25) is 0 Å². The van der Waals surface area contributed by atoms with Crippen LogP contribution in [-0.4, -0.2) is 57.6 Å². The van der Waals surface area contributed by atoms with Crippen molar-refractivity contribution in [2.24, 2.45) is 0 Å². The number of hydrogen-bond donors (Lipinski definition) is 1. The second-order valence-electron chi connectivity index (χ2n) is 6.86. The Bertz CT molecular complexity index is 612. The minimum absolute atomic E-state index is 0.0870. The zero-order valence-corrected chi connectivity index (χ0v) is 15.8. The van der Waals surface area contributed by atoms with Gasteiger partial charge in [-0.15, -0.1) is 0 Å². The summed E-state index contributed by atoms with van der Waals surface area (Å²) < 4.78 is 21.8. The molecule has 1 aromatic carbocycles. The molecule has 0 saturated carbocycles. The number of nitrogens with zero attached hydrogens (tertiary/aromatic N) is 1. The van der Waals surface area contributed by atoms with E-state index in [1.54, 1.807) is 26.2 Å². The van der Waals surface area contributed by atoms with Gasteiger partial charge in [-0.3, -0.25) is 0 Å². The highest BCUT2D eigenvalue weighted by molar-refractivity contribution is 5.68. The molecule has 1 aliphatic heterocycles. The predicted octanol–water partition coefficient (Wildman–Crippen LogP) is 2.59. The molecule has 1 aliphatic rings. The molecule has 0 bridgehead atoms. The molecule has 2 rings (SSSR count). The van der Waals surface area contributed by atoms with Gasteiger partial charge in [0.05, 0.1) is 27.4 Å². The first kappa shape index (κ1) is 19.2. The molecule has 1 atom stereocenters. The van der Waals surface area contributed by atoms with Crippen LogP contribution in [0.25, 0.3) is 0 Å². The average Bonchev–Trinajstić information content (AvgIpc) is 2.58. The Hall–Kier alpha value is -2.15.